The zero-order chi connectivity index (χ0) is 19.3. The Balaban J connectivity index is 2.15. The molecule has 2 aromatic rings. The molecule has 0 saturated heterocycles. The second-order valence-electron chi connectivity index (χ2n) is 5.83. The van der Waals surface area contributed by atoms with E-state index in [1.54, 1.807) is 19.9 Å². The molecule has 0 aliphatic rings. The van der Waals surface area contributed by atoms with Crippen LogP contribution in [-0.4, -0.2) is 31.7 Å². The summed E-state index contributed by atoms with van der Waals surface area (Å²) in [6.07, 6.45) is 0. The van der Waals surface area contributed by atoms with Gasteiger partial charge >= 0.3 is 0 Å². The van der Waals surface area contributed by atoms with Gasteiger partial charge in [0.1, 0.15) is 0 Å². The predicted molar refractivity (Wildman–Crippen MR) is 104 cm³/mol. The van der Waals surface area contributed by atoms with Gasteiger partial charge in [-0.1, -0.05) is 43.6 Å². The molecule has 0 aliphatic carbocycles. The number of nitrogens with zero attached hydrogens (tertiary/aromatic N) is 1. The Morgan fingerprint density at radius 1 is 1.08 bits per heavy atom. The standard InChI is InChI=1S/C19H23ClN2O3S/c1-4-22(5-2)26(24,25)16-12-10-15(11-13-16)19(23)21-14(3)17-8-6-7-9-18(17)20/h6-14H,4-5H2,1-3H3,(H,21,23)/t14-/m1/s1. The minimum atomic E-state index is -3.53. The summed E-state index contributed by atoms with van der Waals surface area (Å²) in [5.74, 6) is -0.288. The SMILES string of the molecule is CCN(CC)S(=O)(=O)c1ccc(C(=O)N[C@H](C)c2ccccc2Cl)cc1. The fourth-order valence-electron chi connectivity index (χ4n) is 2.67. The van der Waals surface area contributed by atoms with Crippen LogP contribution in [0.25, 0.3) is 0 Å². The highest BCUT2D eigenvalue weighted by Crippen LogP contribution is 2.23. The molecule has 0 aromatic heterocycles. The summed E-state index contributed by atoms with van der Waals surface area (Å²) in [7, 11) is -3.53. The fourth-order valence-corrected chi connectivity index (χ4v) is 4.43. The van der Waals surface area contributed by atoms with Crippen molar-refractivity contribution in [1.82, 2.24) is 9.62 Å². The van der Waals surface area contributed by atoms with Crippen LogP contribution in [0.15, 0.2) is 53.4 Å². The molecule has 0 spiro atoms. The molecule has 0 bridgehead atoms. The maximum Gasteiger partial charge on any atom is 0.251 e. The van der Waals surface area contributed by atoms with Gasteiger partial charge in [0.25, 0.3) is 5.91 Å². The third-order valence-electron chi connectivity index (χ3n) is 4.18. The lowest BCUT2D eigenvalue weighted by Gasteiger charge is -2.19. The summed E-state index contributed by atoms with van der Waals surface area (Å²) in [4.78, 5) is 12.6. The first-order chi connectivity index (χ1) is 12.3. The summed E-state index contributed by atoms with van der Waals surface area (Å²) in [6.45, 7) is 6.23. The van der Waals surface area contributed by atoms with Crippen LogP contribution in [0.3, 0.4) is 0 Å². The first-order valence-electron chi connectivity index (χ1n) is 8.46. The van der Waals surface area contributed by atoms with Crippen molar-refractivity contribution in [1.29, 1.82) is 0 Å². The Bertz CT molecular complexity index is 863. The van der Waals surface area contributed by atoms with E-state index in [-0.39, 0.29) is 16.8 Å². The van der Waals surface area contributed by atoms with Crippen LogP contribution in [0.4, 0.5) is 0 Å². The number of nitrogens with one attached hydrogen (secondary N) is 1. The van der Waals surface area contributed by atoms with Crippen LogP contribution >= 0.6 is 11.6 Å². The van der Waals surface area contributed by atoms with Crippen LogP contribution in [-0.2, 0) is 10.0 Å². The molecule has 1 amide bonds. The topological polar surface area (TPSA) is 66.5 Å². The van der Waals surface area contributed by atoms with Gasteiger partial charge in [-0.2, -0.15) is 4.31 Å². The minimum absolute atomic E-state index is 0.178. The number of benzene rings is 2. The first-order valence-corrected chi connectivity index (χ1v) is 10.3. The molecular formula is C19H23ClN2O3S. The largest absolute Gasteiger partial charge is 0.345 e. The lowest BCUT2D eigenvalue weighted by atomic mass is 10.1. The molecule has 0 radical (unpaired) electrons. The monoisotopic (exact) mass is 394 g/mol. The first kappa shape index (κ1) is 20.4. The summed E-state index contributed by atoms with van der Waals surface area (Å²) in [5.41, 5.74) is 1.21. The smallest absolute Gasteiger partial charge is 0.251 e. The molecule has 1 N–H and O–H groups in total. The van der Waals surface area contributed by atoms with Crippen molar-refractivity contribution < 1.29 is 13.2 Å². The van der Waals surface area contributed by atoms with E-state index >= 15 is 0 Å². The number of hydrogen-bond acceptors (Lipinski definition) is 3. The molecule has 5 nitrogen and oxygen atoms in total. The molecule has 140 valence electrons. The number of carbonyl (C=O) groups excluding carboxylic acids is 1. The van der Waals surface area contributed by atoms with E-state index in [0.717, 1.165) is 5.56 Å². The van der Waals surface area contributed by atoms with E-state index in [9.17, 15) is 13.2 Å². The second-order valence-corrected chi connectivity index (χ2v) is 8.18. The highest BCUT2D eigenvalue weighted by atomic mass is 35.5. The van der Waals surface area contributed by atoms with Crippen LogP contribution < -0.4 is 5.32 Å². The Hall–Kier alpha value is -1.89. The maximum atomic E-state index is 12.5. The van der Waals surface area contributed by atoms with Crippen LogP contribution in [0, 0.1) is 0 Å². The molecule has 0 heterocycles. The van der Waals surface area contributed by atoms with E-state index in [1.165, 1.54) is 28.6 Å². The van der Waals surface area contributed by atoms with Gasteiger partial charge in [-0.3, -0.25) is 4.79 Å². The van der Waals surface area contributed by atoms with Gasteiger partial charge in [-0.15, -0.1) is 0 Å². The number of amides is 1. The van der Waals surface area contributed by atoms with Gasteiger partial charge in [0, 0.05) is 23.7 Å². The quantitative estimate of drug-likeness (QED) is 0.775. The fraction of sp³-hybridized carbons (Fsp3) is 0.316. The van der Waals surface area contributed by atoms with Crippen molar-refractivity contribution >= 4 is 27.5 Å². The zero-order valence-electron chi connectivity index (χ0n) is 15.1. The van der Waals surface area contributed by atoms with E-state index in [4.69, 9.17) is 11.6 Å². The molecular weight excluding hydrogens is 372 g/mol. The number of carbonyl (C=O) groups is 1. The van der Waals surface area contributed by atoms with Crippen LogP contribution in [0.1, 0.15) is 42.7 Å². The van der Waals surface area contributed by atoms with Gasteiger partial charge in [0.05, 0.1) is 10.9 Å². The molecule has 1 atom stereocenters. The Morgan fingerprint density at radius 2 is 1.65 bits per heavy atom. The predicted octanol–water partition coefficient (Wildman–Crippen LogP) is 3.86. The van der Waals surface area contributed by atoms with Crippen molar-refractivity contribution in [3.05, 3.63) is 64.7 Å². The van der Waals surface area contributed by atoms with Crippen LogP contribution in [0.5, 0.6) is 0 Å². The lowest BCUT2D eigenvalue weighted by molar-refractivity contribution is 0.0940. The third-order valence-corrected chi connectivity index (χ3v) is 6.59. The summed E-state index contributed by atoms with van der Waals surface area (Å²) in [6, 6.07) is 13.0. The van der Waals surface area contributed by atoms with E-state index < -0.39 is 10.0 Å². The average molecular weight is 395 g/mol. The Morgan fingerprint density at radius 3 is 2.19 bits per heavy atom. The van der Waals surface area contributed by atoms with Crippen molar-refractivity contribution in [3.63, 3.8) is 0 Å². The van der Waals surface area contributed by atoms with Crippen LogP contribution in [0.2, 0.25) is 5.02 Å². The second kappa shape index (κ2) is 8.66. The highest BCUT2D eigenvalue weighted by molar-refractivity contribution is 7.89. The van der Waals surface area contributed by atoms with Gasteiger partial charge in [-0.05, 0) is 42.8 Å². The highest BCUT2D eigenvalue weighted by Gasteiger charge is 2.22. The summed E-state index contributed by atoms with van der Waals surface area (Å²) in [5, 5.41) is 3.46. The van der Waals surface area contributed by atoms with Gasteiger partial charge in [0.15, 0.2) is 0 Å². The average Bonchev–Trinajstić information content (AvgIpc) is 2.62. The lowest BCUT2D eigenvalue weighted by Crippen LogP contribution is -2.30. The molecule has 7 heteroatoms. The third kappa shape index (κ3) is 4.44. The molecule has 0 aliphatic heterocycles. The molecule has 26 heavy (non-hydrogen) atoms. The molecule has 0 unspecified atom stereocenters. The van der Waals surface area contributed by atoms with Gasteiger partial charge in [-0.25, -0.2) is 8.42 Å². The Kier molecular flexibility index (Phi) is 6.81. The van der Waals surface area contributed by atoms with Gasteiger partial charge < -0.3 is 5.32 Å². The number of hydrogen-bond donors (Lipinski definition) is 1. The minimum Gasteiger partial charge on any atom is -0.345 e. The van der Waals surface area contributed by atoms with E-state index in [2.05, 4.69) is 5.32 Å². The maximum absolute atomic E-state index is 12.5. The Labute approximate surface area is 160 Å². The molecule has 2 aromatic carbocycles. The summed E-state index contributed by atoms with van der Waals surface area (Å²) >= 11 is 6.15. The molecule has 2 rings (SSSR count). The van der Waals surface area contributed by atoms with Crippen molar-refractivity contribution in [2.45, 2.75) is 31.7 Å². The van der Waals surface area contributed by atoms with Crippen molar-refractivity contribution in [2.75, 3.05) is 13.1 Å². The number of halogens is 1. The summed E-state index contributed by atoms with van der Waals surface area (Å²) < 4.78 is 26.3. The zero-order valence-corrected chi connectivity index (χ0v) is 16.6. The molecule has 0 saturated carbocycles. The van der Waals surface area contributed by atoms with E-state index in [1.807, 2.05) is 25.1 Å². The normalized spacial score (nSPS) is 12.8. The van der Waals surface area contributed by atoms with Gasteiger partial charge in [0.2, 0.25) is 10.0 Å². The number of rotatable bonds is 7. The van der Waals surface area contributed by atoms with E-state index in [0.29, 0.717) is 23.7 Å². The number of sulfonamides is 1. The molecule has 0 fully saturated rings. The van der Waals surface area contributed by atoms with Crippen molar-refractivity contribution in [2.24, 2.45) is 0 Å². The van der Waals surface area contributed by atoms with Crippen molar-refractivity contribution in [3.8, 4) is 0 Å².